The molecule has 27 unspecified atom stereocenters. The molecule has 9 fully saturated rings. The molecule has 20 heteroatoms. The fourth-order valence-electron chi connectivity index (χ4n) is 16.7. The summed E-state index contributed by atoms with van der Waals surface area (Å²) in [6.45, 7) is 16.7. The van der Waals surface area contributed by atoms with Crippen LogP contribution >= 0.6 is 0 Å². The van der Waals surface area contributed by atoms with Gasteiger partial charge in [-0.25, -0.2) is 0 Å². The topological polar surface area (TPSA) is 313 Å². The van der Waals surface area contributed by atoms with E-state index in [1.165, 1.54) is 6.92 Å². The second-order valence-corrected chi connectivity index (χ2v) is 25.8. The van der Waals surface area contributed by atoms with Gasteiger partial charge in [-0.3, -0.25) is 4.79 Å². The number of carbonyl (C=O) groups excluding carboxylic acids is 1. The Morgan fingerprint density at radius 2 is 1.17 bits per heavy atom. The summed E-state index contributed by atoms with van der Waals surface area (Å²) >= 11 is 0. The Morgan fingerprint density at radius 1 is 0.542 bits per heavy atom. The van der Waals surface area contributed by atoms with Crippen molar-refractivity contribution in [3.8, 4) is 0 Å². The summed E-state index contributed by atoms with van der Waals surface area (Å²) < 4.78 is 47.5. The number of carbonyl (C=O) groups is 1. The van der Waals surface area contributed by atoms with Gasteiger partial charge in [0.15, 0.2) is 18.9 Å². The van der Waals surface area contributed by atoms with E-state index in [-0.39, 0.29) is 64.1 Å². The minimum Gasteiger partial charge on any atom is -0.432 e. The standard InChI is InChI=1S/C52H86O20/c1-23-32(56)41(71-42-36(60)33(57)26(54)21-65-42)39(63)45(67-23)70-40-27(55)22-66-43(38(40)62)69-31-12-13-49(6)29(48(31,4)5)11-14-51(8)30(49)10-9-24-25-19-47(2,3)15-17-52(25,18-16-50(24,51)7)46(64)72-44-37(61)35(59)34(58)28(20-53)68-44/h23-45,53-63H,9-22H2,1-8H3. The van der Waals surface area contributed by atoms with Crippen molar-refractivity contribution in [1.29, 1.82) is 0 Å². The van der Waals surface area contributed by atoms with Crippen LogP contribution in [0.1, 0.15) is 126 Å². The third kappa shape index (κ3) is 8.95. The van der Waals surface area contributed by atoms with E-state index >= 15 is 0 Å². The number of ether oxygens (including phenoxy) is 8. The molecule has 11 N–H and O–H groups in total. The van der Waals surface area contributed by atoms with Gasteiger partial charge in [-0.15, -0.1) is 0 Å². The largest absolute Gasteiger partial charge is 0.432 e. The van der Waals surface area contributed by atoms with Crippen LogP contribution in [-0.4, -0.2) is 199 Å². The lowest BCUT2D eigenvalue weighted by molar-refractivity contribution is -0.371. The lowest BCUT2D eigenvalue weighted by Gasteiger charge is -2.73. The Balaban J connectivity index is 0.882. The first-order valence-electron chi connectivity index (χ1n) is 26.8. The third-order valence-corrected chi connectivity index (χ3v) is 21.2. The van der Waals surface area contributed by atoms with Gasteiger partial charge >= 0.3 is 5.97 Å². The van der Waals surface area contributed by atoms with Gasteiger partial charge in [0.1, 0.15) is 79.4 Å². The summed E-state index contributed by atoms with van der Waals surface area (Å²) in [6, 6.07) is 0. The molecule has 72 heavy (non-hydrogen) atoms. The summed E-state index contributed by atoms with van der Waals surface area (Å²) in [7, 11) is 0. The number of rotatable bonds is 9. The van der Waals surface area contributed by atoms with E-state index in [1.807, 2.05) is 0 Å². The van der Waals surface area contributed by atoms with Crippen LogP contribution in [-0.2, 0) is 42.7 Å². The van der Waals surface area contributed by atoms with Crippen LogP contribution in [0.3, 0.4) is 0 Å². The van der Waals surface area contributed by atoms with Gasteiger partial charge in [-0.05, 0) is 128 Å². The van der Waals surface area contributed by atoms with E-state index in [1.54, 1.807) is 0 Å². The fraction of sp³-hybridized carbons (Fsp3) is 0.981. The monoisotopic (exact) mass is 1030 g/mol. The zero-order valence-electron chi connectivity index (χ0n) is 43.3. The van der Waals surface area contributed by atoms with Crippen molar-refractivity contribution in [3.05, 3.63) is 0 Å². The van der Waals surface area contributed by atoms with Crippen molar-refractivity contribution in [2.45, 2.75) is 243 Å². The highest BCUT2D eigenvalue weighted by Crippen LogP contribution is 2.77. The van der Waals surface area contributed by atoms with E-state index in [0.29, 0.717) is 25.2 Å². The smallest absolute Gasteiger partial charge is 0.314 e. The fourth-order valence-corrected chi connectivity index (χ4v) is 16.7. The van der Waals surface area contributed by atoms with E-state index in [2.05, 4.69) is 48.5 Å². The predicted molar refractivity (Wildman–Crippen MR) is 249 cm³/mol. The highest BCUT2D eigenvalue weighted by Gasteiger charge is 2.72. The molecule has 5 aliphatic carbocycles. The lowest BCUT2D eigenvalue weighted by Crippen LogP contribution is -2.68. The molecule has 0 bridgehead atoms. The SMILES string of the molecule is CC1OC(OC2C(O)COC(OC3CCC4(C)C(CCC5(C)C4CCC4C6CC(C)(C)CCC6(C(=O)OC6OC(CO)C(O)C(O)C6O)CCC45C)C3(C)C)C2O)C(O)C(OC2OCC(O)C(O)C2O)C1O. The number of aliphatic hydroxyl groups excluding tert-OH is 11. The molecule has 0 spiro atoms. The van der Waals surface area contributed by atoms with Crippen molar-refractivity contribution in [2.24, 2.45) is 56.2 Å². The third-order valence-electron chi connectivity index (χ3n) is 21.2. The van der Waals surface area contributed by atoms with E-state index in [0.717, 1.165) is 51.4 Å². The van der Waals surface area contributed by atoms with Gasteiger partial charge in [0.25, 0.3) is 0 Å². The molecule has 5 saturated carbocycles. The van der Waals surface area contributed by atoms with Crippen LogP contribution in [0.2, 0.25) is 0 Å². The lowest BCUT2D eigenvalue weighted by atomic mass is 9.31. The van der Waals surface area contributed by atoms with Gasteiger partial charge in [0, 0.05) is 0 Å². The van der Waals surface area contributed by atoms with Crippen molar-refractivity contribution in [3.63, 3.8) is 0 Å². The van der Waals surface area contributed by atoms with Crippen LogP contribution in [0.4, 0.5) is 0 Å². The molecule has 27 atom stereocenters. The first-order valence-corrected chi connectivity index (χ1v) is 26.8. The zero-order valence-corrected chi connectivity index (χ0v) is 43.3. The number of aliphatic hydroxyl groups is 11. The van der Waals surface area contributed by atoms with E-state index in [4.69, 9.17) is 37.9 Å². The summed E-state index contributed by atoms with van der Waals surface area (Å²) in [6.07, 6.45) is -17.6. The van der Waals surface area contributed by atoms with Crippen molar-refractivity contribution >= 4 is 5.97 Å². The van der Waals surface area contributed by atoms with Gasteiger partial charge in [-0.1, -0.05) is 48.5 Å². The molecule has 4 saturated heterocycles. The quantitative estimate of drug-likeness (QED) is 0.110. The Kier molecular flexibility index (Phi) is 15.3. The molecule has 9 rings (SSSR count). The van der Waals surface area contributed by atoms with E-state index in [9.17, 15) is 61.0 Å². The zero-order chi connectivity index (χ0) is 52.4. The number of esters is 1. The molecular weight excluding hydrogens is 945 g/mol. The van der Waals surface area contributed by atoms with Gasteiger partial charge in [-0.2, -0.15) is 0 Å². The Labute approximate surface area is 422 Å². The van der Waals surface area contributed by atoms with E-state index < -0.39 is 129 Å². The second-order valence-electron chi connectivity index (χ2n) is 25.8. The highest BCUT2D eigenvalue weighted by molar-refractivity contribution is 5.78. The van der Waals surface area contributed by atoms with Crippen LogP contribution in [0.15, 0.2) is 0 Å². The molecular formula is C52H86O20. The summed E-state index contributed by atoms with van der Waals surface area (Å²) in [5.41, 5.74) is -1.49. The van der Waals surface area contributed by atoms with Gasteiger partial charge in [0.2, 0.25) is 6.29 Å². The molecule has 0 radical (unpaired) electrons. The molecule has 414 valence electrons. The summed E-state index contributed by atoms with van der Waals surface area (Å²) in [5.74, 6) is 0.369. The highest BCUT2D eigenvalue weighted by atomic mass is 16.8. The maximum absolute atomic E-state index is 14.7. The summed E-state index contributed by atoms with van der Waals surface area (Å²) in [5, 5.41) is 118. The normalized spacial score (nSPS) is 55.3. The average molecular weight is 1030 g/mol. The molecule has 0 aromatic heterocycles. The van der Waals surface area contributed by atoms with Crippen molar-refractivity contribution < 1.29 is 98.9 Å². The molecule has 9 aliphatic rings. The van der Waals surface area contributed by atoms with Crippen LogP contribution in [0.25, 0.3) is 0 Å². The molecule has 0 aromatic rings. The molecule has 0 aromatic carbocycles. The minimum atomic E-state index is -1.71. The molecule has 4 aliphatic heterocycles. The second kappa shape index (κ2) is 19.9. The first kappa shape index (κ1) is 55.5. The number of hydrogen-bond acceptors (Lipinski definition) is 20. The Morgan fingerprint density at radius 3 is 1.86 bits per heavy atom. The van der Waals surface area contributed by atoms with Crippen LogP contribution < -0.4 is 0 Å². The first-order chi connectivity index (χ1) is 33.7. The number of hydrogen-bond donors (Lipinski definition) is 11. The Hall–Kier alpha value is -1.25. The van der Waals surface area contributed by atoms with Gasteiger partial charge in [0.05, 0.1) is 37.4 Å². The molecule has 0 amide bonds. The van der Waals surface area contributed by atoms with Crippen molar-refractivity contribution in [2.75, 3.05) is 19.8 Å². The maximum atomic E-state index is 14.7. The number of fused-ring (bicyclic) bond motifs is 7. The Bertz CT molecular complexity index is 1920. The molecule has 4 heterocycles. The van der Waals surface area contributed by atoms with Crippen molar-refractivity contribution in [1.82, 2.24) is 0 Å². The average Bonchev–Trinajstić information content (AvgIpc) is 3.32. The maximum Gasteiger partial charge on any atom is 0.314 e. The minimum absolute atomic E-state index is 0.00298. The van der Waals surface area contributed by atoms with Crippen LogP contribution in [0, 0.1) is 56.2 Å². The predicted octanol–water partition coefficient (Wildman–Crippen LogP) is 0.350. The van der Waals surface area contributed by atoms with Gasteiger partial charge < -0.3 is 94.1 Å². The molecule has 20 nitrogen and oxygen atoms in total. The summed E-state index contributed by atoms with van der Waals surface area (Å²) in [4.78, 5) is 14.7. The van der Waals surface area contributed by atoms with Crippen LogP contribution in [0.5, 0.6) is 0 Å².